The van der Waals surface area contributed by atoms with Crippen LogP contribution in [0.5, 0.6) is 0 Å². The Morgan fingerprint density at radius 1 is 0.533 bits per heavy atom. The van der Waals surface area contributed by atoms with Crippen molar-refractivity contribution in [1.82, 2.24) is 0 Å². The Kier molecular flexibility index (Phi) is 8.04. The predicted octanol–water partition coefficient (Wildman–Crippen LogP) is 9.36. The van der Waals surface area contributed by atoms with Crippen LogP contribution in [-0.4, -0.2) is 0 Å². The number of halogens is 2. The summed E-state index contributed by atoms with van der Waals surface area (Å²) in [7, 11) is 0. The lowest BCUT2D eigenvalue weighted by molar-refractivity contribution is 0.515. The molecule has 0 aliphatic carbocycles. The van der Waals surface area contributed by atoms with Crippen molar-refractivity contribution >= 4 is 11.6 Å². The van der Waals surface area contributed by atoms with E-state index in [4.69, 9.17) is 11.6 Å². The van der Waals surface area contributed by atoms with Gasteiger partial charge in [0, 0.05) is 5.02 Å². The van der Waals surface area contributed by atoms with Crippen molar-refractivity contribution in [3.8, 4) is 0 Å². The average molecular weight is 433 g/mol. The second kappa shape index (κ2) is 9.03. The van der Waals surface area contributed by atoms with E-state index in [-0.39, 0.29) is 27.5 Å². The van der Waals surface area contributed by atoms with Crippen molar-refractivity contribution in [2.24, 2.45) is 0 Å². The molecule has 0 atom stereocenters. The van der Waals surface area contributed by atoms with E-state index in [2.05, 4.69) is 74.4 Å². The summed E-state index contributed by atoms with van der Waals surface area (Å²) in [5, 5.41) is 0.871. The van der Waals surface area contributed by atoms with Crippen molar-refractivity contribution in [1.29, 1.82) is 0 Å². The molecule has 2 aromatic carbocycles. The van der Waals surface area contributed by atoms with Crippen molar-refractivity contribution < 1.29 is 4.39 Å². The Balaban J connectivity index is 0.000000300. The van der Waals surface area contributed by atoms with Gasteiger partial charge in [0.25, 0.3) is 0 Å². The van der Waals surface area contributed by atoms with Crippen LogP contribution in [0.2, 0.25) is 5.02 Å². The Morgan fingerprint density at radius 3 is 1.27 bits per heavy atom. The first-order valence-corrected chi connectivity index (χ1v) is 11.2. The zero-order chi connectivity index (χ0) is 23.7. The van der Waals surface area contributed by atoms with Crippen LogP contribution >= 0.6 is 11.6 Å². The lowest BCUT2D eigenvalue weighted by Gasteiger charge is -2.25. The van der Waals surface area contributed by atoms with Crippen molar-refractivity contribution in [2.75, 3.05) is 0 Å². The molecule has 2 rings (SSSR count). The quantitative estimate of drug-likeness (QED) is 0.388. The highest BCUT2D eigenvalue weighted by Gasteiger charge is 2.22. The minimum absolute atomic E-state index is 0.0771. The Bertz CT molecular complexity index is 777. The predicted molar refractivity (Wildman–Crippen MR) is 133 cm³/mol. The maximum atomic E-state index is 13.7. The third kappa shape index (κ3) is 7.41. The number of rotatable bonds is 0. The molecule has 0 aliphatic heterocycles. The SMILES string of the molecule is CC(C)(C)c1ccc(Cl)c(C(C)(C)C)c1.CC(C)(C)c1ccc(F)c(C(C)(C)C)c1. The van der Waals surface area contributed by atoms with E-state index >= 15 is 0 Å². The fourth-order valence-electron chi connectivity index (χ4n) is 3.13. The molecule has 0 aliphatic rings. The minimum atomic E-state index is -0.134. The van der Waals surface area contributed by atoms with Crippen molar-refractivity contribution in [2.45, 2.75) is 105 Å². The van der Waals surface area contributed by atoms with Gasteiger partial charge in [0.05, 0.1) is 0 Å². The summed E-state index contributed by atoms with van der Waals surface area (Å²) in [6.45, 7) is 25.8. The van der Waals surface area contributed by atoms with Gasteiger partial charge in [-0.1, -0.05) is 119 Å². The van der Waals surface area contributed by atoms with Gasteiger partial charge < -0.3 is 0 Å². The molecule has 0 unspecified atom stereocenters. The van der Waals surface area contributed by atoms with Gasteiger partial charge in [0.1, 0.15) is 5.82 Å². The monoisotopic (exact) mass is 432 g/mol. The molecule has 0 aromatic heterocycles. The van der Waals surface area contributed by atoms with Crippen LogP contribution < -0.4 is 0 Å². The molecule has 0 nitrogen and oxygen atoms in total. The van der Waals surface area contributed by atoms with Crippen LogP contribution in [0.4, 0.5) is 4.39 Å². The van der Waals surface area contributed by atoms with Crippen LogP contribution in [0, 0.1) is 5.82 Å². The van der Waals surface area contributed by atoms with Crippen molar-refractivity contribution in [3.05, 3.63) is 69.5 Å². The molecular formula is C28H42ClF. The maximum Gasteiger partial charge on any atom is 0.126 e. The molecule has 0 N–H and O–H groups in total. The molecule has 168 valence electrons. The zero-order valence-corrected chi connectivity index (χ0v) is 22.0. The molecule has 2 heteroatoms. The Hall–Kier alpha value is -1.34. The van der Waals surface area contributed by atoms with E-state index in [0.717, 1.165) is 10.6 Å². The Labute approximate surface area is 190 Å². The van der Waals surface area contributed by atoms with Crippen molar-refractivity contribution in [3.63, 3.8) is 0 Å². The number of hydrogen-bond acceptors (Lipinski definition) is 0. The summed E-state index contributed by atoms with van der Waals surface area (Å²) in [5.74, 6) is -0.101. The van der Waals surface area contributed by atoms with Gasteiger partial charge in [-0.05, 0) is 56.0 Å². The standard InChI is InChI=1S/C14H21Cl.C14H21F/c2*1-13(2,3)10-7-8-12(15)11(9-10)14(4,5)6/h2*7-9H,1-6H3. The van der Waals surface area contributed by atoms with Gasteiger partial charge >= 0.3 is 0 Å². The van der Waals surface area contributed by atoms with Crippen LogP contribution in [0.15, 0.2) is 36.4 Å². The fourth-order valence-corrected chi connectivity index (χ4v) is 3.53. The van der Waals surface area contributed by atoms with E-state index < -0.39 is 0 Å². The van der Waals surface area contributed by atoms with E-state index in [9.17, 15) is 4.39 Å². The van der Waals surface area contributed by atoms with Crippen LogP contribution in [-0.2, 0) is 21.7 Å². The van der Waals surface area contributed by atoms with Gasteiger partial charge in [-0.15, -0.1) is 0 Å². The highest BCUT2D eigenvalue weighted by atomic mass is 35.5. The first kappa shape index (κ1) is 26.7. The molecule has 0 saturated carbocycles. The summed E-state index contributed by atoms with van der Waals surface area (Å²) >= 11 is 6.23. The van der Waals surface area contributed by atoms with Gasteiger partial charge in [0.2, 0.25) is 0 Å². The molecule has 0 radical (unpaired) electrons. The summed E-state index contributed by atoms with van der Waals surface area (Å²) in [6, 6.07) is 11.8. The lowest BCUT2D eigenvalue weighted by Crippen LogP contribution is -2.17. The summed E-state index contributed by atoms with van der Waals surface area (Å²) < 4.78 is 13.7. The normalized spacial score (nSPS) is 13.0. The van der Waals surface area contributed by atoms with Gasteiger partial charge in [0.15, 0.2) is 0 Å². The van der Waals surface area contributed by atoms with E-state index in [1.807, 2.05) is 39.0 Å². The van der Waals surface area contributed by atoms with Crippen LogP contribution in [0.25, 0.3) is 0 Å². The van der Waals surface area contributed by atoms with Crippen LogP contribution in [0.3, 0.4) is 0 Å². The topological polar surface area (TPSA) is 0 Å². The fraction of sp³-hybridized carbons (Fsp3) is 0.571. The number of hydrogen-bond donors (Lipinski definition) is 0. The van der Waals surface area contributed by atoms with E-state index in [1.54, 1.807) is 6.07 Å². The third-order valence-corrected chi connectivity index (χ3v) is 5.61. The molecule has 0 heterocycles. The molecule has 0 saturated heterocycles. The highest BCUT2D eigenvalue weighted by molar-refractivity contribution is 6.31. The van der Waals surface area contributed by atoms with Crippen LogP contribution in [0.1, 0.15) is 105 Å². The first-order valence-electron chi connectivity index (χ1n) is 10.9. The number of benzene rings is 2. The molecular weight excluding hydrogens is 391 g/mol. The van der Waals surface area contributed by atoms with E-state index in [1.165, 1.54) is 16.7 Å². The molecule has 0 spiro atoms. The second-order valence-corrected chi connectivity index (χ2v) is 12.8. The smallest absolute Gasteiger partial charge is 0.126 e. The molecule has 2 aromatic rings. The zero-order valence-electron chi connectivity index (χ0n) is 21.2. The average Bonchev–Trinajstić information content (AvgIpc) is 2.51. The third-order valence-electron chi connectivity index (χ3n) is 5.28. The molecule has 0 amide bonds. The molecule has 0 bridgehead atoms. The summed E-state index contributed by atoms with van der Waals surface area (Å²) in [6.07, 6.45) is 0. The first-order chi connectivity index (χ1) is 13.2. The molecule has 0 fully saturated rings. The highest BCUT2D eigenvalue weighted by Crippen LogP contribution is 2.34. The Morgan fingerprint density at radius 2 is 0.900 bits per heavy atom. The van der Waals surface area contributed by atoms with Gasteiger partial charge in [-0.2, -0.15) is 0 Å². The minimum Gasteiger partial charge on any atom is -0.207 e. The summed E-state index contributed by atoms with van der Waals surface area (Å²) in [5.41, 5.74) is 4.80. The summed E-state index contributed by atoms with van der Waals surface area (Å²) in [4.78, 5) is 0. The maximum absolute atomic E-state index is 13.7. The second-order valence-electron chi connectivity index (χ2n) is 12.4. The largest absolute Gasteiger partial charge is 0.207 e. The molecule has 30 heavy (non-hydrogen) atoms. The van der Waals surface area contributed by atoms with Gasteiger partial charge in [-0.3, -0.25) is 0 Å². The van der Waals surface area contributed by atoms with E-state index in [0.29, 0.717) is 0 Å². The lowest BCUT2D eigenvalue weighted by atomic mass is 9.80. The van der Waals surface area contributed by atoms with Gasteiger partial charge in [-0.25, -0.2) is 4.39 Å².